The normalized spacial score (nSPS) is 15.5. The molecule has 84 valence electrons. The van der Waals surface area contributed by atoms with Crippen molar-refractivity contribution in [1.82, 2.24) is 9.88 Å². The first kappa shape index (κ1) is 10.1. The maximum atomic E-state index is 3.56. The molecule has 2 heterocycles. The highest BCUT2D eigenvalue weighted by Gasteiger charge is 2.20. The second kappa shape index (κ2) is 4.44. The fourth-order valence-electron chi connectivity index (χ4n) is 1.88. The fourth-order valence-corrected chi connectivity index (χ4v) is 2.54. The molecule has 0 aromatic carbocycles. The van der Waals surface area contributed by atoms with Gasteiger partial charge in [-0.25, -0.2) is 0 Å². The summed E-state index contributed by atoms with van der Waals surface area (Å²) < 4.78 is 2.33. The van der Waals surface area contributed by atoms with Crippen molar-refractivity contribution in [3.63, 3.8) is 0 Å². The summed E-state index contributed by atoms with van der Waals surface area (Å²) in [6.45, 7) is 2.00. The molecule has 0 radical (unpaired) electrons. The molecule has 0 aliphatic heterocycles. The van der Waals surface area contributed by atoms with Crippen molar-refractivity contribution in [3.8, 4) is 0 Å². The Morgan fingerprint density at radius 3 is 3.06 bits per heavy atom. The van der Waals surface area contributed by atoms with Gasteiger partial charge in [-0.1, -0.05) is 0 Å². The van der Waals surface area contributed by atoms with Gasteiger partial charge in [0.15, 0.2) is 0 Å². The Bertz CT molecular complexity index is 440. The van der Waals surface area contributed by atoms with Crippen LogP contribution in [0.2, 0.25) is 0 Å². The van der Waals surface area contributed by atoms with Gasteiger partial charge in [0.25, 0.3) is 0 Å². The largest absolute Gasteiger partial charge is 0.346 e. The van der Waals surface area contributed by atoms with Gasteiger partial charge < -0.3 is 9.88 Å². The van der Waals surface area contributed by atoms with Gasteiger partial charge in [0, 0.05) is 31.0 Å². The Morgan fingerprint density at radius 1 is 1.38 bits per heavy atom. The predicted octanol–water partition coefficient (Wildman–Crippen LogP) is 2.85. The van der Waals surface area contributed by atoms with E-state index in [1.165, 1.54) is 24.1 Å². The van der Waals surface area contributed by atoms with E-state index in [0.717, 1.165) is 19.1 Å². The van der Waals surface area contributed by atoms with E-state index in [1.54, 1.807) is 11.3 Å². The van der Waals surface area contributed by atoms with Gasteiger partial charge in [0.05, 0.1) is 0 Å². The van der Waals surface area contributed by atoms with Crippen LogP contribution < -0.4 is 5.32 Å². The van der Waals surface area contributed by atoms with E-state index < -0.39 is 0 Å². The lowest BCUT2D eigenvalue weighted by Gasteiger charge is -2.08. The first-order chi connectivity index (χ1) is 7.92. The number of rotatable bonds is 5. The molecule has 1 fully saturated rings. The zero-order chi connectivity index (χ0) is 10.8. The summed E-state index contributed by atoms with van der Waals surface area (Å²) in [4.78, 5) is 0. The maximum absolute atomic E-state index is 3.56. The minimum absolute atomic E-state index is 0.782. The molecule has 0 amide bonds. The van der Waals surface area contributed by atoms with Crippen molar-refractivity contribution in [2.75, 3.05) is 0 Å². The molecular formula is C13H16N2S. The Kier molecular flexibility index (Phi) is 2.80. The highest BCUT2D eigenvalue weighted by Crippen LogP contribution is 2.19. The third-order valence-electron chi connectivity index (χ3n) is 3.01. The van der Waals surface area contributed by atoms with Crippen LogP contribution in [0.1, 0.15) is 24.1 Å². The zero-order valence-electron chi connectivity index (χ0n) is 9.23. The molecule has 0 spiro atoms. The molecule has 0 atom stereocenters. The van der Waals surface area contributed by atoms with E-state index in [0.29, 0.717) is 0 Å². The lowest BCUT2D eigenvalue weighted by molar-refractivity contribution is 0.635. The van der Waals surface area contributed by atoms with Crippen LogP contribution in [0.4, 0.5) is 0 Å². The van der Waals surface area contributed by atoms with Crippen LogP contribution in [0.25, 0.3) is 0 Å². The zero-order valence-corrected chi connectivity index (χ0v) is 10.0. The summed E-state index contributed by atoms with van der Waals surface area (Å²) in [6, 6.07) is 7.32. The number of nitrogens with zero attached hydrogens (tertiary/aromatic N) is 1. The molecule has 16 heavy (non-hydrogen) atoms. The number of aromatic nitrogens is 1. The minimum atomic E-state index is 0.782. The van der Waals surface area contributed by atoms with Gasteiger partial charge >= 0.3 is 0 Å². The number of nitrogens with one attached hydrogen (secondary N) is 1. The Balaban J connectivity index is 1.66. The molecule has 0 unspecified atom stereocenters. The van der Waals surface area contributed by atoms with E-state index in [-0.39, 0.29) is 0 Å². The molecular weight excluding hydrogens is 216 g/mol. The number of thiophene rings is 1. The lowest BCUT2D eigenvalue weighted by atomic mass is 10.3. The third-order valence-corrected chi connectivity index (χ3v) is 3.74. The number of hydrogen-bond donors (Lipinski definition) is 1. The molecule has 1 aliphatic carbocycles. The van der Waals surface area contributed by atoms with Gasteiger partial charge in [0.1, 0.15) is 0 Å². The summed E-state index contributed by atoms with van der Waals surface area (Å²) in [6.07, 6.45) is 4.87. The molecule has 1 aliphatic rings. The van der Waals surface area contributed by atoms with Gasteiger partial charge in [-0.15, -0.1) is 0 Å². The SMILES string of the molecule is c1cc(CNC2CC2)n(Cc2ccsc2)c1. The highest BCUT2D eigenvalue weighted by molar-refractivity contribution is 7.07. The predicted molar refractivity (Wildman–Crippen MR) is 67.7 cm³/mol. The quantitative estimate of drug-likeness (QED) is 0.839. The van der Waals surface area contributed by atoms with Gasteiger partial charge in [-0.3, -0.25) is 0 Å². The van der Waals surface area contributed by atoms with E-state index in [1.807, 2.05) is 0 Å². The fraction of sp³-hybridized carbons (Fsp3) is 0.385. The van der Waals surface area contributed by atoms with E-state index in [9.17, 15) is 0 Å². The van der Waals surface area contributed by atoms with Crippen LogP contribution >= 0.6 is 11.3 Å². The first-order valence-electron chi connectivity index (χ1n) is 5.80. The molecule has 2 aromatic heterocycles. The molecule has 3 heteroatoms. The molecule has 0 bridgehead atoms. The van der Waals surface area contributed by atoms with Crippen molar-refractivity contribution in [1.29, 1.82) is 0 Å². The molecule has 0 saturated heterocycles. The van der Waals surface area contributed by atoms with Crippen LogP contribution in [0, 0.1) is 0 Å². The van der Waals surface area contributed by atoms with Crippen LogP contribution in [0.15, 0.2) is 35.2 Å². The molecule has 2 aromatic rings. The topological polar surface area (TPSA) is 17.0 Å². The average molecular weight is 232 g/mol. The monoisotopic (exact) mass is 232 g/mol. The van der Waals surface area contributed by atoms with Crippen molar-refractivity contribution < 1.29 is 0 Å². The van der Waals surface area contributed by atoms with Crippen LogP contribution in [-0.4, -0.2) is 10.6 Å². The lowest BCUT2D eigenvalue weighted by Crippen LogP contribution is -2.18. The summed E-state index contributed by atoms with van der Waals surface area (Å²) in [5, 5.41) is 7.92. The Morgan fingerprint density at radius 2 is 2.31 bits per heavy atom. The average Bonchev–Trinajstić information content (AvgIpc) is 2.79. The van der Waals surface area contributed by atoms with Crippen molar-refractivity contribution in [2.45, 2.75) is 32.0 Å². The minimum Gasteiger partial charge on any atom is -0.346 e. The third kappa shape index (κ3) is 2.36. The van der Waals surface area contributed by atoms with Gasteiger partial charge in [-0.2, -0.15) is 11.3 Å². The molecule has 3 rings (SSSR count). The summed E-state index contributed by atoms with van der Waals surface area (Å²) in [5.41, 5.74) is 2.78. The molecule has 1 saturated carbocycles. The van der Waals surface area contributed by atoms with Crippen LogP contribution in [0.5, 0.6) is 0 Å². The smallest absolute Gasteiger partial charge is 0.0481 e. The second-order valence-corrected chi connectivity index (χ2v) is 5.19. The van der Waals surface area contributed by atoms with Gasteiger partial charge in [0.2, 0.25) is 0 Å². The number of hydrogen-bond acceptors (Lipinski definition) is 2. The molecule has 2 nitrogen and oxygen atoms in total. The summed E-state index contributed by atoms with van der Waals surface area (Å²) in [5.74, 6) is 0. The van der Waals surface area contributed by atoms with E-state index in [2.05, 4.69) is 45.0 Å². The Labute approximate surface area is 99.9 Å². The highest BCUT2D eigenvalue weighted by atomic mass is 32.1. The van der Waals surface area contributed by atoms with Crippen molar-refractivity contribution in [2.24, 2.45) is 0 Å². The summed E-state index contributed by atoms with van der Waals surface area (Å²) in [7, 11) is 0. The van der Waals surface area contributed by atoms with E-state index in [4.69, 9.17) is 0 Å². The maximum Gasteiger partial charge on any atom is 0.0481 e. The van der Waals surface area contributed by atoms with Crippen molar-refractivity contribution in [3.05, 3.63) is 46.4 Å². The van der Waals surface area contributed by atoms with Crippen molar-refractivity contribution >= 4 is 11.3 Å². The Hall–Kier alpha value is -1.06. The molecule has 1 N–H and O–H groups in total. The van der Waals surface area contributed by atoms with E-state index >= 15 is 0 Å². The van der Waals surface area contributed by atoms with Crippen LogP contribution in [-0.2, 0) is 13.1 Å². The van der Waals surface area contributed by atoms with Gasteiger partial charge in [-0.05, 0) is 47.4 Å². The summed E-state index contributed by atoms with van der Waals surface area (Å²) >= 11 is 1.77. The second-order valence-electron chi connectivity index (χ2n) is 4.41. The first-order valence-corrected chi connectivity index (χ1v) is 6.74. The van der Waals surface area contributed by atoms with Crippen LogP contribution in [0.3, 0.4) is 0 Å². The standard InChI is InChI=1S/C13H16N2S/c1-2-13(8-14-12-3-4-12)15(6-1)9-11-5-7-16-10-11/h1-2,5-7,10,12,14H,3-4,8-9H2.